The highest BCUT2D eigenvalue weighted by atomic mass is 16.6. The highest BCUT2D eigenvalue weighted by Gasteiger charge is 2.56. The van der Waals surface area contributed by atoms with E-state index in [1.807, 2.05) is 13.8 Å². The number of methoxy groups -OCH3 is 1. The summed E-state index contributed by atoms with van der Waals surface area (Å²) in [7, 11) is 3.57. The molecular weight excluding hydrogens is 278 g/mol. The van der Waals surface area contributed by atoms with Crippen molar-refractivity contribution in [3.8, 4) is 0 Å². The van der Waals surface area contributed by atoms with Gasteiger partial charge in [0.25, 0.3) is 0 Å². The van der Waals surface area contributed by atoms with Crippen LogP contribution in [0.15, 0.2) is 0 Å². The number of esters is 1. The summed E-state index contributed by atoms with van der Waals surface area (Å²) in [6.07, 6.45) is 7.91. The Bertz CT molecular complexity index is 387. The van der Waals surface area contributed by atoms with E-state index in [0.29, 0.717) is 0 Å². The monoisotopic (exact) mass is 309 g/mol. The molecular formula is C18H31NO3. The lowest BCUT2D eigenvalue weighted by Crippen LogP contribution is -2.56. The van der Waals surface area contributed by atoms with Crippen LogP contribution in [0.5, 0.6) is 0 Å². The average Bonchev–Trinajstić information content (AvgIpc) is 2.45. The molecule has 0 saturated heterocycles. The molecule has 3 atom stereocenters. The number of likely N-dealkylation sites (N-methyl/N-ethyl adjacent to an activating group) is 1. The maximum atomic E-state index is 12.1. The first-order valence-corrected chi connectivity index (χ1v) is 8.88. The van der Waals surface area contributed by atoms with Gasteiger partial charge in [0.1, 0.15) is 12.1 Å². The van der Waals surface area contributed by atoms with Gasteiger partial charge in [-0.25, -0.2) is 0 Å². The molecule has 0 radical (unpaired) electrons. The van der Waals surface area contributed by atoms with E-state index < -0.39 is 0 Å². The van der Waals surface area contributed by atoms with Gasteiger partial charge in [-0.05, 0) is 77.2 Å². The van der Waals surface area contributed by atoms with Crippen LogP contribution in [0.3, 0.4) is 0 Å². The Kier molecular flexibility index (Phi) is 4.52. The Morgan fingerprint density at radius 2 is 1.59 bits per heavy atom. The minimum Gasteiger partial charge on any atom is -0.459 e. The molecule has 0 aromatic carbocycles. The molecule has 4 aliphatic carbocycles. The van der Waals surface area contributed by atoms with Crippen molar-refractivity contribution in [3.63, 3.8) is 0 Å². The zero-order valence-corrected chi connectivity index (χ0v) is 14.4. The highest BCUT2D eigenvalue weighted by Crippen LogP contribution is 2.62. The summed E-state index contributed by atoms with van der Waals surface area (Å²) in [6.45, 7) is 3.84. The predicted octanol–water partition coefficient (Wildman–Crippen LogP) is 2.76. The Morgan fingerprint density at radius 3 is 2.00 bits per heavy atom. The van der Waals surface area contributed by atoms with Crippen LogP contribution in [-0.2, 0) is 14.3 Å². The molecule has 0 spiro atoms. The minimum atomic E-state index is -0.267. The van der Waals surface area contributed by atoms with E-state index in [1.54, 1.807) is 14.2 Å². The van der Waals surface area contributed by atoms with E-state index >= 15 is 0 Å². The van der Waals surface area contributed by atoms with Gasteiger partial charge in [0.2, 0.25) is 0 Å². The molecule has 4 nitrogen and oxygen atoms in total. The molecule has 0 unspecified atom stereocenters. The van der Waals surface area contributed by atoms with Gasteiger partial charge in [0.15, 0.2) is 0 Å². The van der Waals surface area contributed by atoms with E-state index in [4.69, 9.17) is 9.47 Å². The molecule has 0 aromatic rings. The molecule has 4 fully saturated rings. The number of hydrogen-bond donors (Lipinski definition) is 1. The zero-order valence-electron chi connectivity index (χ0n) is 14.4. The smallest absolute Gasteiger partial charge is 0.323 e. The molecule has 0 aliphatic heterocycles. The molecule has 126 valence electrons. The molecule has 4 saturated carbocycles. The number of ether oxygens (including phenoxy) is 2. The summed E-state index contributed by atoms with van der Waals surface area (Å²) in [6, 6.07) is -0.267. The summed E-state index contributed by atoms with van der Waals surface area (Å²) < 4.78 is 11.6. The second-order valence-electron chi connectivity index (χ2n) is 8.09. The van der Waals surface area contributed by atoms with E-state index in [2.05, 4.69) is 5.32 Å². The topological polar surface area (TPSA) is 47.6 Å². The molecule has 22 heavy (non-hydrogen) atoms. The second-order valence-corrected chi connectivity index (χ2v) is 8.09. The summed E-state index contributed by atoms with van der Waals surface area (Å²) in [5.74, 6) is 2.45. The van der Waals surface area contributed by atoms with Gasteiger partial charge in [0.05, 0.1) is 6.10 Å². The van der Waals surface area contributed by atoms with Crippen molar-refractivity contribution in [1.82, 2.24) is 5.32 Å². The highest BCUT2D eigenvalue weighted by molar-refractivity contribution is 5.75. The predicted molar refractivity (Wildman–Crippen MR) is 85.5 cm³/mol. The quantitative estimate of drug-likeness (QED) is 0.767. The Balaban J connectivity index is 1.72. The van der Waals surface area contributed by atoms with Crippen molar-refractivity contribution in [2.24, 2.45) is 23.2 Å². The Labute approximate surface area is 134 Å². The minimum absolute atomic E-state index is 0.0360. The number of carbonyl (C=O) groups is 1. The molecule has 0 aromatic heterocycles. The van der Waals surface area contributed by atoms with Crippen LogP contribution in [0.1, 0.15) is 52.4 Å². The lowest BCUT2D eigenvalue weighted by atomic mass is 9.47. The third-order valence-electron chi connectivity index (χ3n) is 6.46. The lowest BCUT2D eigenvalue weighted by molar-refractivity contribution is -0.185. The van der Waals surface area contributed by atoms with Gasteiger partial charge in [-0.15, -0.1) is 0 Å². The number of carbonyl (C=O) groups excluding carboxylic acids is 1. The van der Waals surface area contributed by atoms with Crippen LogP contribution in [0, 0.1) is 23.2 Å². The molecule has 0 heterocycles. The molecule has 0 amide bonds. The average molecular weight is 309 g/mol. The summed E-state index contributed by atoms with van der Waals surface area (Å²) in [4.78, 5) is 12.1. The van der Waals surface area contributed by atoms with Crippen LogP contribution in [0.25, 0.3) is 0 Å². The van der Waals surface area contributed by atoms with Gasteiger partial charge in [-0.1, -0.05) is 0 Å². The standard InChI is InChI=1S/C18H31NO3/c1-11(19-3)17(20)22-12(2)16(21-4)18-8-13-5-14(9-18)7-15(6-13)10-18/h11-16,19H,5-10H2,1-4H3/t11-,12-,13?,14?,15?,16+,18?/m0/s1. The van der Waals surface area contributed by atoms with Crippen molar-refractivity contribution in [2.45, 2.75) is 70.6 Å². The first-order valence-electron chi connectivity index (χ1n) is 8.88. The fraction of sp³-hybridized carbons (Fsp3) is 0.944. The van der Waals surface area contributed by atoms with Crippen molar-refractivity contribution >= 4 is 5.97 Å². The maximum Gasteiger partial charge on any atom is 0.323 e. The summed E-state index contributed by atoms with van der Waals surface area (Å²) >= 11 is 0. The SMILES string of the molecule is CN[C@@H](C)C(=O)O[C@@H](C)[C@@H](OC)C12CC3CC(CC(C3)C1)C2. The van der Waals surface area contributed by atoms with Crippen molar-refractivity contribution in [1.29, 1.82) is 0 Å². The zero-order chi connectivity index (χ0) is 15.9. The van der Waals surface area contributed by atoms with E-state index in [9.17, 15) is 4.79 Å². The number of rotatable bonds is 6. The van der Waals surface area contributed by atoms with Crippen molar-refractivity contribution in [3.05, 3.63) is 0 Å². The largest absolute Gasteiger partial charge is 0.459 e. The van der Waals surface area contributed by atoms with Crippen LogP contribution >= 0.6 is 0 Å². The third-order valence-corrected chi connectivity index (χ3v) is 6.46. The molecule has 4 bridgehead atoms. The van der Waals surface area contributed by atoms with Crippen LogP contribution < -0.4 is 5.32 Å². The second kappa shape index (κ2) is 6.12. The molecule has 4 aliphatic rings. The van der Waals surface area contributed by atoms with Crippen LogP contribution in [0.4, 0.5) is 0 Å². The van der Waals surface area contributed by atoms with Gasteiger partial charge >= 0.3 is 5.97 Å². The van der Waals surface area contributed by atoms with Crippen LogP contribution in [-0.4, -0.2) is 38.4 Å². The molecule has 4 rings (SSSR count). The van der Waals surface area contributed by atoms with Crippen molar-refractivity contribution < 1.29 is 14.3 Å². The van der Waals surface area contributed by atoms with Gasteiger partial charge in [0, 0.05) is 12.5 Å². The van der Waals surface area contributed by atoms with Gasteiger partial charge in [-0.2, -0.15) is 0 Å². The van der Waals surface area contributed by atoms with E-state index in [1.165, 1.54) is 38.5 Å². The maximum absolute atomic E-state index is 12.1. The van der Waals surface area contributed by atoms with Gasteiger partial charge < -0.3 is 14.8 Å². The first kappa shape index (κ1) is 16.3. The summed E-state index contributed by atoms with van der Waals surface area (Å²) in [5.41, 5.74) is 0.242. The Hall–Kier alpha value is -0.610. The van der Waals surface area contributed by atoms with Crippen LogP contribution in [0.2, 0.25) is 0 Å². The first-order chi connectivity index (χ1) is 10.5. The van der Waals surface area contributed by atoms with E-state index in [-0.39, 0.29) is 29.6 Å². The van der Waals surface area contributed by atoms with Crippen molar-refractivity contribution in [2.75, 3.05) is 14.2 Å². The number of hydrogen-bond acceptors (Lipinski definition) is 4. The van der Waals surface area contributed by atoms with Gasteiger partial charge in [-0.3, -0.25) is 4.79 Å². The molecule has 1 N–H and O–H groups in total. The summed E-state index contributed by atoms with van der Waals surface area (Å²) in [5, 5.41) is 2.95. The Morgan fingerprint density at radius 1 is 1.09 bits per heavy atom. The fourth-order valence-corrected chi connectivity index (χ4v) is 5.93. The lowest BCUT2D eigenvalue weighted by Gasteiger charge is -2.59. The fourth-order valence-electron chi connectivity index (χ4n) is 5.93. The molecule has 4 heteroatoms. The van der Waals surface area contributed by atoms with E-state index in [0.717, 1.165) is 17.8 Å². The number of nitrogens with one attached hydrogen (secondary N) is 1. The third kappa shape index (κ3) is 2.80. The normalized spacial score (nSPS) is 40.3.